The van der Waals surface area contributed by atoms with Crippen molar-refractivity contribution in [1.82, 2.24) is 0 Å². The molecule has 2 aromatic rings. The minimum Gasteiger partial charge on any atom is -0.495 e. The Morgan fingerprint density at radius 2 is 2.00 bits per heavy atom. The third-order valence-corrected chi connectivity index (χ3v) is 3.56. The number of carbonyl (C=O) groups is 1. The molecule has 0 aliphatic rings. The Bertz CT molecular complexity index is 798. The van der Waals surface area contributed by atoms with Gasteiger partial charge in [0.25, 0.3) is 5.91 Å². The van der Waals surface area contributed by atoms with Crippen LogP contribution in [0.15, 0.2) is 60.3 Å². The van der Waals surface area contributed by atoms with Crippen LogP contribution in [-0.4, -0.2) is 20.1 Å². The number of benzene rings is 2. The zero-order valence-electron chi connectivity index (χ0n) is 13.3. The number of halogens is 1. The van der Waals surface area contributed by atoms with Crippen LogP contribution in [0, 0.1) is 11.3 Å². The van der Waals surface area contributed by atoms with Crippen LogP contribution in [-0.2, 0) is 4.79 Å². The van der Waals surface area contributed by atoms with Gasteiger partial charge in [-0.15, -0.1) is 0 Å². The molecule has 0 saturated carbocycles. The molecule has 0 bridgehead atoms. The smallest absolute Gasteiger partial charge is 0.267 e. The standard InChI is InChI=1S/C18H16ClN3O2/c1-22(15-6-4-3-5-7-15)12-13(11-20)18(23)21-14-8-9-17(24-2)16(19)10-14/h3-10,12H,1-2H3,(H,21,23)/b13-12-. The molecular formula is C18H16ClN3O2. The fourth-order valence-corrected chi connectivity index (χ4v) is 2.27. The molecule has 0 aliphatic carbocycles. The molecule has 122 valence electrons. The summed E-state index contributed by atoms with van der Waals surface area (Å²) >= 11 is 6.03. The van der Waals surface area contributed by atoms with Crippen molar-refractivity contribution >= 4 is 28.9 Å². The average Bonchev–Trinajstić information content (AvgIpc) is 2.60. The number of para-hydroxylation sites is 1. The van der Waals surface area contributed by atoms with E-state index in [4.69, 9.17) is 16.3 Å². The summed E-state index contributed by atoms with van der Waals surface area (Å²) in [6.07, 6.45) is 1.48. The molecule has 0 heterocycles. The third kappa shape index (κ3) is 4.28. The number of rotatable bonds is 5. The SMILES string of the molecule is COc1ccc(NC(=O)/C(C#N)=C\N(C)c2ccccc2)cc1Cl. The summed E-state index contributed by atoms with van der Waals surface area (Å²) in [6.45, 7) is 0. The molecule has 0 aliphatic heterocycles. The van der Waals surface area contributed by atoms with E-state index < -0.39 is 5.91 Å². The second-order valence-corrected chi connectivity index (χ2v) is 5.31. The fraction of sp³-hybridized carbons (Fsp3) is 0.111. The highest BCUT2D eigenvalue weighted by molar-refractivity contribution is 6.32. The number of nitriles is 1. The zero-order valence-corrected chi connectivity index (χ0v) is 14.0. The van der Waals surface area contributed by atoms with Crippen molar-refractivity contribution in [1.29, 1.82) is 5.26 Å². The van der Waals surface area contributed by atoms with Gasteiger partial charge in [-0.25, -0.2) is 0 Å². The minimum atomic E-state index is -0.512. The van der Waals surface area contributed by atoms with Gasteiger partial charge in [0.2, 0.25) is 0 Å². The van der Waals surface area contributed by atoms with Crippen molar-refractivity contribution in [2.24, 2.45) is 0 Å². The van der Waals surface area contributed by atoms with Crippen LogP contribution in [0.5, 0.6) is 5.75 Å². The van der Waals surface area contributed by atoms with Crippen LogP contribution in [0.2, 0.25) is 5.02 Å². The van der Waals surface area contributed by atoms with Gasteiger partial charge in [0.1, 0.15) is 17.4 Å². The van der Waals surface area contributed by atoms with Crippen molar-refractivity contribution in [3.05, 3.63) is 65.3 Å². The van der Waals surface area contributed by atoms with Gasteiger partial charge in [-0.05, 0) is 30.3 Å². The molecule has 5 nitrogen and oxygen atoms in total. The first-order valence-electron chi connectivity index (χ1n) is 7.10. The van der Waals surface area contributed by atoms with Gasteiger partial charge < -0.3 is 15.0 Å². The maximum Gasteiger partial charge on any atom is 0.267 e. The quantitative estimate of drug-likeness (QED) is 0.663. The Hall–Kier alpha value is -2.97. The van der Waals surface area contributed by atoms with Crippen LogP contribution in [0.3, 0.4) is 0 Å². The Morgan fingerprint density at radius 1 is 1.29 bits per heavy atom. The molecule has 0 fully saturated rings. The van der Waals surface area contributed by atoms with Crippen molar-refractivity contribution < 1.29 is 9.53 Å². The van der Waals surface area contributed by atoms with E-state index in [1.807, 2.05) is 36.4 Å². The first kappa shape index (κ1) is 17.4. The van der Waals surface area contributed by atoms with E-state index in [1.54, 1.807) is 30.1 Å². The van der Waals surface area contributed by atoms with E-state index in [1.165, 1.54) is 13.3 Å². The van der Waals surface area contributed by atoms with Crippen LogP contribution in [0.1, 0.15) is 0 Å². The number of hydrogen-bond acceptors (Lipinski definition) is 4. The lowest BCUT2D eigenvalue weighted by molar-refractivity contribution is -0.112. The van der Waals surface area contributed by atoms with Crippen LogP contribution < -0.4 is 15.0 Å². The lowest BCUT2D eigenvalue weighted by Crippen LogP contribution is -2.17. The zero-order chi connectivity index (χ0) is 17.5. The summed E-state index contributed by atoms with van der Waals surface area (Å²) in [5.74, 6) is -0.00367. The number of nitrogens with zero attached hydrogens (tertiary/aromatic N) is 2. The van der Waals surface area contributed by atoms with Crippen LogP contribution in [0.4, 0.5) is 11.4 Å². The second kappa shape index (κ2) is 8.04. The van der Waals surface area contributed by atoms with E-state index in [9.17, 15) is 10.1 Å². The molecule has 0 spiro atoms. The molecule has 1 amide bonds. The lowest BCUT2D eigenvalue weighted by Gasteiger charge is -2.14. The number of methoxy groups -OCH3 is 1. The molecule has 2 aromatic carbocycles. The molecule has 0 unspecified atom stereocenters. The van der Waals surface area contributed by atoms with Gasteiger partial charge in [-0.3, -0.25) is 4.79 Å². The predicted octanol–water partition coefficient (Wildman–Crippen LogP) is 3.83. The summed E-state index contributed by atoms with van der Waals surface area (Å²) < 4.78 is 5.06. The number of nitrogens with one attached hydrogen (secondary N) is 1. The number of ether oxygens (including phenoxy) is 1. The summed E-state index contributed by atoms with van der Waals surface area (Å²) in [5, 5.41) is 12.3. The van der Waals surface area contributed by atoms with Gasteiger partial charge in [0.15, 0.2) is 0 Å². The maximum absolute atomic E-state index is 12.3. The van der Waals surface area contributed by atoms with Crippen molar-refractivity contribution in [3.63, 3.8) is 0 Å². The predicted molar refractivity (Wildman–Crippen MR) is 95.2 cm³/mol. The Balaban J connectivity index is 2.16. The van der Waals surface area contributed by atoms with E-state index >= 15 is 0 Å². The van der Waals surface area contributed by atoms with Gasteiger partial charge in [0, 0.05) is 24.6 Å². The lowest BCUT2D eigenvalue weighted by atomic mass is 10.2. The molecule has 0 aromatic heterocycles. The normalized spacial score (nSPS) is 10.7. The number of amides is 1. The second-order valence-electron chi connectivity index (χ2n) is 4.90. The highest BCUT2D eigenvalue weighted by Crippen LogP contribution is 2.27. The first-order chi connectivity index (χ1) is 11.5. The summed E-state index contributed by atoms with van der Waals surface area (Å²) in [6, 6.07) is 16.2. The highest BCUT2D eigenvalue weighted by atomic mass is 35.5. The molecule has 1 N–H and O–H groups in total. The van der Waals surface area contributed by atoms with Crippen molar-refractivity contribution in [2.75, 3.05) is 24.4 Å². The highest BCUT2D eigenvalue weighted by Gasteiger charge is 2.12. The van der Waals surface area contributed by atoms with E-state index in [0.29, 0.717) is 16.5 Å². The van der Waals surface area contributed by atoms with Gasteiger partial charge >= 0.3 is 0 Å². The summed E-state index contributed by atoms with van der Waals surface area (Å²) in [4.78, 5) is 14.0. The molecule has 0 saturated heterocycles. The largest absolute Gasteiger partial charge is 0.495 e. The molecule has 0 atom stereocenters. The van der Waals surface area contributed by atoms with E-state index in [-0.39, 0.29) is 5.57 Å². The topological polar surface area (TPSA) is 65.4 Å². The molecular weight excluding hydrogens is 326 g/mol. The van der Waals surface area contributed by atoms with E-state index in [0.717, 1.165) is 5.69 Å². The van der Waals surface area contributed by atoms with Gasteiger partial charge in [-0.2, -0.15) is 5.26 Å². The summed E-state index contributed by atoms with van der Waals surface area (Å²) in [7, 11) is 3.28. The average molecular weight is 342 g/mol. The van der Waals surface area contributed by atoms with Gasteiger partial charge in [-0.1, -0.05) is 29.8 Å². The number of hydrogen-bond donors (Lipinski definition) is 1. The van der Waals surface area contributed by atoms with Crippen LogP contribution in [0.25, 0.3) is 0 Å². The molecule has 24 heavy (non-hydrogen) atoms. The third-order valence-electron chi connectivity index (χ3n) is 3.26. The molecule has 2 rings (SSSR count). The first-order valence-corrected chi connectivity index (χ1v) is 7.47. The monoisotopic (exact) mass is 341 g/mol. The molecule has 0 radical (unpaired) electrons. The minimum absolute atomic E-state index is 0.0201. The number of anilines is 2. The molecule has 6 heteroatoms. The van der Waals surface area contributed by atoms with Crippen LogP contribution >= 0.6 is 11.6 Å². The maximum atomic E-state index is 12.3. The van der Waals surface area contributed by atoms with Crippen molar-refractivity contribution in [3.8, 4) is 11.8 Å². The number of carbonyl (C=O) groups excluding carboxylic acids is 1. The Morgan fingerprint density at radius 3 is 2.58 bits per heavy atom. The van der Waals surface area contributed by atoms with Crippen molar-refractivity contribution in [2.45, 2.75) is 0 Å². The Labute approximate surface area is 145 Å². The Kier molecular flexibility index (Phi) is 5.83. The summed E-state index contributed by atoms with van der Waals surface area (Å²) in [5.41, 5.74) is 1.33. The fourth-order valence-electron chi connectivity index (χ4n) is 2.01. The van der Waals surface area contributed by atoms with E-state index in [2.05, 4.69) is 5.32 Å². The van der Waals surface area contributed by atoms with Gasteiger partial charge in [0.05, 0.1) is 12.1 Å².